The third-order valence-corrected chi connectivity index (χ3v) is 5.89. The Balaban J connectivity index is 1.73. The minimum absolute atomic E-state index is 0.00675. The summed E-state index contributed by atoms with van der Waals surface area (Å²) in [5.74, 6) is -1.03. The monoisotopic (exact) mass is 457 g/mol. The molecule has 1 aliphatic heterocycles. The number of halogens is 1. The molecule has 7 heteroatoms. The second-order valence-electron chi connectivity index (χ2n) is 7.50. The largest absolute Gasteiger partial charge is 0.298 e. The number of rotatable bonds is 2. The summed E-state index contributed by atoms with van der Waals surface area (Å²) in [5, 5.41) is 4.91. The van der Waals surface area contributed by atoms with E-state index in [1.54, 1.807) is 30.3 Å². The van der Waals surface area contributed by atoms with Crippen LogP contribution in [0.3, 0.4) is 0 Å². The Morgan fingerprint density at radius 3 is 2.47 bits per heavy atom. The molecule has 5 rings (SSSR count). The summed E-state index contributed by atoms with van der Waals surface area (Å²) < 4.78 is 0. The fraction of sp³-hybridized carbons (Fsp3) is 0.0400. The minimum atomic E-state index is -0.535. The van der Waals surface area contributed by atoms with Crippen LogP contribution in [0.1, 0.15) is 11.1 Å². The molecule has 0 bridgehead atoms. The van der Waals surface area contributed by atoms with Crippen molar-refractivity contribution >= 4 is 74.3 Å². The van der Waals surface area contributed by atoms with Crippen LogP contribution >= 0.6 is 23.8 Å². The molecule has 3 aromatic carbocycles. The number of thiocarbonyl (C=S) groups is 1. The van der Waals surface area contributed by atoms with Crippen LogP contribution < -0.4 is 10.2 Å². The zero-order chi connectivity index (χ0) is 22.4. The Kier molecular flexibility index (Phi) is 4.96. The highest BCUT2D eigenvalue weighted by atomic mass is 35.5. The molecule has 2 heterocycles. The summed E-state index contributed by atoms with van der Waals surface area (Å²) in [5.41, 5.74) is 3.90. The lowest BCUT2D eigenvalue weighted by Gasteiger charge is -2.29. The van der Waals surface area contributed by atoms with Gasteiger partial charge in [0, 0.05) is 15.8 Å². The molecule has 156 valence electrons. The number of aromatic nitrogens is 1. The van der Waals surface area contributed by atoms with Gasteiger partial charge in [-0.25, -0.2) is 4.98 Å². The van der Waals surface area contributed by atoms with Crippen LogP contribution in [-0.2, 0) is 9.59 Å². The molecular weight excluding hydrogens is 442 g/mol. The second kappa shape index (κ2) is 7.82. The highest BCUT2D eigenvalue weighted by Gasteiger charge is 2.34. The molecule has 0 saturated carbocycles. The Morgan fingerprint density at radius 2 is 1.69 bits per heavy atom. The van der Waals surface area contributed by atoms with Gasteiger partial charge in [0.2, 0.25) is 0 Å². The average Bonchev–Trinajstić information content (AvgIpc) is 2.77. The van der Waals surface area contributed by atoms with Crippen LogP contribution in [0.25, 0.3) is 27.9 Å². The van der Waals surface area contributed by atoms with Gasteiger partial charge in [-0.1, -0.05) is 41.4 Å². The molecule has 1 saturated heterocycles. The van der Waals surface area contributed by atoms with E-state index in [4.69, 9.17) is 28.8 Å². The minimum Gasteiger partial charge on any atom is -0.298 e. The van der Waals surface area contributed by atoms with Gasteiger partial charge in [0.15, 0.2) is 5.11 Å². The van der Waals surface area contributed by atoms with Gasteiger partial charge in [-0.2, -0.15) is 0 Å². The predicted molar refractivity (Wildman–Crippen MR) is 132 cm³/mol. The van der Waals surface area contributed by atoms with E-state index in [-0.39, 0.29) is 10.7 Å². The van der Waals surface area contributed by atoms with E-state index < -0.39 is 11.8 Å². The number of benzene rings is 3. The number of nitrogens with one attached hydrogen (secondary N) is 1. The first-order chi connectivity index (χ1) is 15.4. The first-order valence-electron chi connectivity index (χ1n) is 9.88. The lowest BCUT2D eigenvalue weighted by atomic mass is 9.98. The highest BCUT2D eigenvalue weighted by Crippen LogP contribution is 2.30. The standard InChI is InChI=1S/C25H16ClN3O2S/c1-14-6-11-22-19(12-14)18(17-4-2-3-5-21(17)27-22)13-20-23(30)28-25(32)29(24(20)31)16-9-7-15(26)8-10-16/h2-13H,1H3,(H,28,30,32)/b20-13+. The van der Waals surface area contributed by atoms with Crippen molar-refractivity contribution in [2.75, 3.05) is 4.90 Å². The Morgan fingerprint density at radius 1 is 0.969 bits per heavy atom. The fourth-order valence-corrected chi connectivity index (χ4v) is 4.23. The van der Waals surface area contributed by atoms with Crippen molar-refractivity contribution in [3.05, 3.63) is 88.5 Å². The highest BCUT2D eigenvalue weighted by molar-refractivity contribution is 7.80. The quantitative estimate of drug-likeness (QED) is 0.195. The first-order valence-corrected chi connectivity index (χ1v) is 10.7. The maximum Gasteiger partial charge on any atom is 0.270 e. The summed E-state index contributed by atoms with van der Waals surface area (Å²) >= 11 is 11.3. The van der Waals surface area contributed by atoms with Gasteiger partial charge in [-0.05, 0) is 73.2 Å². The molecule has 1 aliphatic rings. The van der Waals surface area contributed by atoms with E-state index in [1.807, 2.05) is 49.4 Å². The number of hydrogen-bond donors (Lipinski definition) is 1. The van der Waals surface area contributed by atoms with Crippen molar-refractivity contribution in [2.24, 2.45) is 0 Å². The SMILES string of the molecule is Cc1ccc2nc3ccccc3c(/C=C3\C(=O)NC(=S)N(c4ccc(Cl)cc4)C3=O)c2c1. The van der Waals surface area contributed by atoms with Crippen molar-refractivity contribution in [3.63, 3.8) is 0 Å². The number of pyridine rings is 1. The van der Waals surface area contributed by atoms with Crippen molar-refractivity contribution in [2.45, 2.75) is 6.92 Å². The van der Waals surface area contributed by atoms with Crippen molar-refractivity contribution in [1.82, 2.24) is 10.3 Å². The van der Waals surface area contributed by atoms with Crippen molar-refractivity contribution in [3.8, 4) is 0 Å². The molecule has 1 aromatic heterocycles. The number of hydrogen-bond acceptors (Lipinski definition) is 4. The van der Waals surface area contributed by atoms with Gasteiger partial charge in [0.25, 0.3) is 11.8 Å². The number of fused-ring (bicyclic) bond motifs is 2. The van der Waals surface area contributed by atoms with Gasteiger partial charge in [0.1, 0.15) is 5.57 Å². The van der Waals surface area contributed by atoms with E-state index in [2.05, 4.69) is 5.32 Å². The smallest absolute Gasteiger partial charge is 0.270 e. The third-order valence-electron chi connectivity index (χ3n) is 5.35. The number of anilines is 1. The molecule has 0 aliphatic carbocycles. The van der Waals surface area contributed by atoms with E-state index in [1.165, 1.54) is 4.90 Å². The van der Waals surface area contributed by atoms with Gasteiger partial charge < -0.3 is 0 Å². The zero-order valence-corrected chi connectivity index (χ0v) is 18.5. The lowest BCUT2D eigenvalue weighted by molar-refractivity contribution is -0.122. The van der Waals surface area contributed by atoms with E-state index >= 15 is 0 Å². The molecule has 4 aromatic rings. The fourth-order valence-electron chi connectivity index (χ4n) is 3.82. The van der Waals surface area contributed by atoms with E-state index in [0.717, 1.165) is 32.9 Å². The van der Waals surface area contributed by atoms with Gasteiger partial charge in [-0.3, -0.25) is 19.8 Å². The number of nitrogens with zero attached hydrogens (tertiary/aromatic N) is 2. The summed E-state index contributed by atoms with van der Waals surface area (Å²) in [7, 11) is 0. The normalized spacial score (nSPS) is 15.6. The maximum atomic E-state index is 13.4. The zero-order valence-electron chi connectivity index (χ0n) is 16.9. The van der Waals surface area contributed by atoms with E-state index in [0.29, 0.717) is 10.7 Å². The molecule has 0 unspecified atom stereocenters. The topological polar surface area (TPSA) is 62.3 Å². The second-order valence-corrected chi connectivity index (χ2v) is 8.32. The molecule has 0 atom stereocenters. The summed E-state index contributed by atoms with van der Waals surface area (Å²) in [4.78, 5) is 32.3. The molecule has 2 amide bonds. The predicted octanol–water partition coefficient (Wildman–Crippen LogP) is 5.18. The number of amides is 2. The van der Waals surface area contributed by atoms with E-state index in [9.17, 15) is 9.59 Å². The lowest BCUT2D eigenvalue weighted by Crippen LogP contribution is -2.54. The number of aryl methyl sites for hydroxylation is 1. The molecule has 0 spiro atoms. The van der Waals surface area contributed by atoms with Crippen LogP contribution in [0.4, 0.5) is 5.69 Å². The number of carbonyl (C=O) groups is 2. The van der Waals surface area contributed by atoms with Gasteiger partial charge >= 0.3 is 0 Å². The third kappa shape index (κ3) is 3.43. The average molecular weight is 458 g/mol. The molecular formula is C25H16ClN3O2S. The molecule has 1 N–H and O–H groups in total. The summed E-state index contributed by atoms with van der Waals surface area (Å²) in [6, 6.07) is 20.3. The van der Waals surface area contributed by atoms with Gasteiger partial charge in [0.05, 0.1) is 16.7 Å². The molecule has 32 heavy (non-hydrogen) atoms. The van der Waals surface area contributed by atoms with Gasteiger partial charge in [-0.15, -0.1) is 0 Å². The molecule has 5 nitrogen and oxygen atoms in total. The van der Waals surface area contributed by atoms with Crippen molar-refractivity contribution < 1.29 is 9.59 Å². The maximum absolute atomic E-state index is 13.4. The summed E-state index contributed by atoms with van der Waals surface area (Å²) in [6.07, 6.45) is 1.63. The first kappa shape index (κ1) is 20.3. The van der Waals surface area contributed by atoms with Crippen molar-refractivity contribution in [1.29, 1.82) is 0 Å². The molecule has 1 fully saturated rings. The summed E-state index contributed by atoms with van der Waals surface area (Å²) in [6.45, 7) is 1.99. The Labute approximate surface area is 194 Å². The number of para-hydroxylation sites is 1. The van der Waals surface area contributed by atoms with Crippen LogP contribution in [0, 0.1) is 6.92 Å². The number of carbonyl (C=O) groups excluding carboxylic acids is 2. The van der Waals surface area contributed by atoms with Crippen LogP contribution in [0.2, 0.25) is 5.02 Å². The van der Waals surface area contributed by atoms with Crippen LogP contribution in [0.15, 0.2) is 72.3 Å². The van der Waals surface area contributed by atoms with Crippen LogP contribution in [-0.4, -0.2) is 21.9 Å². The Bertz CT molecular complexity index is 1480. The Hall–Kier alpha value is -3.61. The molecule has 0 radical (unpaired) electrons. The van der Waals surface area contributed by atoms with Crippen LogP contribution in [0.5, 0.6) is 0 Å².